The molecule has 8 heteroatoms. The van der Waals surface area contributed by atoms with Gasteiger partial charge in [-0.15, -0.1) is 0 Å². The second-order valence-electron chi connectivity index (χ2n) is 8.66. The highest BCUT2D eigenvalue weighted by atomic mass is 16.6. The first-order valence-corrected chi connectivity index (χ1v) is 11.9. The number of hydrogen-bond acceptors (Lipinski definition) is 6. The summed E-state index contributed by atoms with van der Waals surface area (Å²) in [6.07, 6.45) is 1.11. The maximum absolute atomic E-state index is 12.8. The van der Waals surface area contributed by atoms with Gasteiger partial charge in [-0.05, 0) is 41.8 Å². The number of anilines is 2. The first-order valence-electron chi connectivity index (χ1n) is 11.9. The molecule has 0 heterocycles. The number of para-hydroxylation sites is 2. The fraction of sp³-hybridized carbons (Fsp3) is 0.100. The molecule has 5 N–H and O–H groups in total. The lowest BCUT2D eigenvalue weighted by atomic mass is 9.92. The predicted octanol–water partition coefficient (Wildman–Crippen LogP) is 5.57. The Hall–Kier alpha value is -5.11. The van der Waals surface area contributed by atoms with E-state index in [1.54, 1.807) is 97.9 Å². The minimum absolute atomic E-state index is 0.0785. The van der Waals surface area contributed by atoms with Gasteiger partial charge in [0.2, 0.25) is 5.91 Å². The van der Waals surface area contributed by atoms with Crippen molar-refractivity contribution >= 4 is 40.1 Å². The number of benzene rings is 4. The quantitative estimate of drug-likeness (QED) is 0.190. The maximum atomic E-state index is 12.8. The molecule has 0 bridgehead atoms. The second kappa shape index (κ2) is 11.7. The average Bonchev–Trinajstić information content (AvgIpc) is 2.93. The zero-order chi connectivity index (χ0) is 27.1. The van der Waals surface area contributed by atoms with E-state index >= 15 is 0 Å². The van der Waals surface area contributed by atoms with E-state index in [1.165, 1.54) is 12.1 Å². The number of amides is 3. The van der Waals surface area contributed by atoms with Crippen LogP contribution in [0.3, 0.4) is 0 Å². The third-order valence-corrected chi connectivity index (χ3v) is 5.97. The monoisotopic (exact) mass is 509 g/mol. The maximum Gasteiger partial charge on any atom is 0.414 e. The second-order valence-corrected chi connectivity index (χ2v) is 8.66. The van der Waals surface area contributed by atoms with Gasteiger partial charge in [0.25, 0.3) is 5.91 Å². The molecule has 0 unspecified atom stereocenters. The van der Waals surface area contributed by atoms with Crippen molar-refractivity contribution < 1.29 is 24.2 Å². The SMILES string of the molecule is C[C@@H](/C=C/C(=O)Nc1ccccc1N)[C@H](OC(=O)NC(=O)c1ccccc1)c1ccc(O)c2ccccc12. The van der Waals surface area contributed by atoms with Gasteiger partial charge in [-0.2, -0.15) is 0 Å². The lowest BCUT2D eigenvalue weighted by Crippen LogP contribution is -2.33. The van der Waals surface area contributed by atoms with E-state index in [2.05, 4.69) is 10.6 Å². The number of nitrogen functional groups attached to an aromatic ring is 1. The fourth-order valence-electron chi connectivity index (χ4n) is 4.03. The molecule has 0 spiro atoms. The highest BCUT2D eigenvalue weighted by molar-refractivity contribution is 6.03. The van der Waals surface area contributed by atoms with Gasteiger partial charge in [-0.25, -0.2) is 4.79 Å². The summed E-state index contributed by atoms with van der Waals surface area (Å²) >= 11 is 0. The Balaban J connectivity index is 1.59. The number of phenolic OH excluding ortho intramolecular Hbond substituents is 1. The van der Waals surface area contributed by atoms with Crippen molar-refractivity contribution in [1.82, 2.24) is 5.32 Å². The van der Waals surface area contributed by atoms with Crippen molar-refractivity contribution in [2.24, 2.45) is 5.92 Å². The predicted molar refractivity (Wildman–Crippen MR) is 147 cm³/mol. The smallest absolute Gasteiger partial charge is 0.414 e. The molecule has 0 saturated heterocycles. The number of fused-ring (bicyclic) bond motifs is 1. The Morgan fingerprint density at radius 1 is 0.868 bits per heavy atom. The molecule has 8 nitrogen and oxygen atoms in total. The molecule has 4 rings (SSSR count). The van der Waals surface area contributed by atoms with E-state index in [1.807, 2.05) is 0 Å². The Morgan fingerprint density at radius 2 is 1.53 bits per heavy atom. The van der Waals surface area contributed by atoms with Crippen LogP contribution in [0.2, 0.25) is 0 Å². The topological polar surface area (TPSA) is 131 Å². The minimum Gasteiger partial charge on any atom is -0.507 e. The Bertz CT molecular complexity index is 1500. The molecule has 0 saturated carbocycles. The Morgan fingerprint density at radius 3 is 2.26 bits per heavy atom. The number of aromatic hydroxyl groups is 1. The molecular weight excluding hydrogens is 482 g/mol. The van der Waals surface area contributed by atoms with E-state index in [0.717, 1.165) is 0 Å². The number of imide groups is 1. The van der Waals surface area contributed by atoms with Crippen LogP contribution in [-0.2, 0) is 9.53 Å². The molecule has 4 aromatic carbocycles. The molecule has 0 aliphatic rings. The number of phenols is 1. The zero-order valence-electron chi connectivity index (χ0n) is 20.6. The number of rotatable bonds is 7. The van der Waals surface area contributed by atoms with Crippen LogP contribution in [0.1, 0.15) is 28.9 Å². The van der Waals surface area contributed by atoms with Gasteiger partial charge in [0.05, 0.1) is 11.4 Å². The summed E-state index contributed by atoms with van der Waals surface area (Å²) in [7, 11) is 0. The molecule has 0 fully saturated rings. The summed E-state index contributed by atoms with van der Waals surface area (Å²) < 4.78 is 5.75. The number of carbonyl (C=O) groups is 3. The van der Waals surface area contributed by atoms with Crippen molar-refractivity contribution in [3.63, 3.8) is 0 Å². The molecule has 4 aromatic rings. The summed E-state index contributed by atoms with van der Waals surface area (Å²) in [4.78, 5) is 37.9. The molecule has 3 amide bonds. The van der Waals surface area contributed by atoms with Gasteiger partial charge in [0, 0.05) is 22.4 Å². The van der Waals surface area contributed by atoms with Crippen LogP contribution in [0.5, 0.6) is 5.75 Å². The summed E-state index contributed by atoms with van der Waals surface area (Å²) in [5, 5.41) is 16.6. The lowest BCUT2D eigenvalue weighted by molar-refractivity contribution is -0.111. The van der Waals surface area contributed by atoms with Crippen LogP contribution in [0.15, 0.2) is 103 Å². The standard InChI is InChI=1S/C30H27N3O5/c1-19(15-18-27(35)32-25-14-8-7-13-24(25)31)28(23-16-17-26(34)22-12-6-5-11-21(22)23)38-30(37)33-29(36)20-9-3-2-4-10-20/h2-19,28,34H,31H2,1H3,(H,32,35)(H,33,36,37)/b18-15+/t19-,28-/m0/s1. The molecule has 0 aliphatic heterocycles. The zero-order valence-corrected chi connectivity index (χ0v) is 20.6. The number of hydrogen-bond donors (Lipinski definition) is 4. The fourth-order valence-corrected chi connectivity index (χ4v) is 4.03. The molecule has 192 valence electrons. The van der Waals surface area contributed by atoms with Crippen molar-refractivity contribution in [3.8, 4) is 5.75 Å². The number of carbonyl (C=O) groups excluding carboxylic acids is 3. The van der Waals surface area contributed by atoms with E-state index < -0.39 is 29.9 Å². The van der Waals surface area contributed by atoms with Gasteiger partial charge in [0.15, 0.2) is 0 Å². The van der Waals surface area contributed by atoms with Crippen LogP contribution in [-0.4, -0.2) is 23.0 Å². The van der Waals surface area contributed by atoms with Crippen LogP contribution < -0.4 is 16.4 Å². The van der Waals surface area contributed by atoms with Crippen molar-refractivity contribution in [1.29, 1.82) is 0 Å². The molecule has 0 radical (unpaired) electrons. The third kappa shape index (κ3) is 6.17. The first kappa shape index (κ1) is 26.0. The van der Waals surface area contributed by atoms with Crippen molar-refractivity contribution in [3.05, 3.63) is 114 Å². The molecular formula is C30H27N3O5. The lowest BCUT2D eigenvalue weighted by Gasteiger charge is -2.24. The van der Waals surface area contributed by atoms with E-state index in [-0.39, 0.29) is 5.75 Å². The van der Waals surface area contributed by atoms with Crippen LogP contribution in [0.4, 0.5) is 16.2 Å². The summed E-state index contributed by atoms with van der Waals surface area (Å²) in [6, 6.07) is 25.5. The summed E-state index contributed by atoms with van der Waals surface area (Å²) in [5.74, 6) is -1.44. The largest absolute Gasteiger partial charge is 0.507 e. The van der Waals surface area contributed by atoms with Crippen molar-refractivity contribution in [2.45, 2.75) is 13.0 Å². The number of alkyl carbamates (subject to hydrolysis) is 1. The normalized spacial score (nSPS) is 12.6. The minimum atomic E-state index is -0.942. The van der Waals surface area contributed by atoms with Gasteiger partial charge in [-0.1, -0.05) is 73.7 Å². The average molecular weight is 510 g/mol. The molecule has 38 heavy (non-hydrogen) atoms. The van der Waals surface area contributed by atoms with Crippen LogP contribution >= 0.6 is 0 Å². The molecule has 2 atom stereocenters. The number of ether oxygens (including phenoxy) is 1. The Labute approximate surface area is 219 Å². The van der Waals surface area contributed by atoms with Crippen LogP contribution in [0.25, 0.3) is 10.8 Å². The van der Waals surface area contributed by atoms with E-state index in [0.29, 0.717) is 33.3 Å². The van der Waals surface area contributed by atoms with Gasteiger partial charge < -0.3 is 20.9 Å². The van der Waals surface area contributed by atoms with Gasteiger partial charge in [-0.3, -0.25) is 14.9 Å². The van der Waals surface area contributed by atoms with Gasteiger partial charge in [0.1, 0.15) is 11.9 Å². The highest BCUT2D eigenvalue weighted by Crippen LogP contribution is 2.36. The first-order chi connectivity index (χ1) is 18.3. The Kier molecular flexibility index (Phi) is 8.03. The molecule has 0 aliphatic carbocycles. The van der Waals surface area contributed by atoms with Crippen molar-refractivity contribution in [2.75, 3.05) is 11.1 Å². The summed E-state index contributed by atoms with van der Waals surface area (Å²) in [6.45, 7) is 1.78. The molecule has 0 aromatic heterocycles. The highest BCUT2D eigenvalue weighted by Gasteiger charge is 2.26. The third-order valence-electron chi connectivity index (χ3n) is 5.97. The number of nitrogens with one attached hydrogen (secondary N) is 2. The van der Waals surface area contributed by atoms with Gasteiger partial charge >= 0.3 is 6.09 Å². The summed E-state index contributed by atoms with van der Waals surface area (Å²) in [5.41, 5.74) is 7.72. The van der Waals surface area contributed by atoms with Crippen LogP contribution in [0, 0.1) is 5.92 Å². The van der Waals surface area contributed by atoms with E-state index in [9.17, 15) is 19.5 Å². The number of nitrogens with two attached hydrogens (primary N) is 1. The van der Waals surface area contributed by atoms with E-state index in [4.69, 9.17) is 10.5 Å².